The number of alkyl halides is 3. The number of amides is 1. The second kappa shape index (κ2) is 5.87. The van der Waals surface area contributed by atoms with Gasteiger partial charge in [0.1, 0.15) is 5.75 Å². The zero-order valence-corrected chi connectivity index (χ0v) is 10.9. The highest BCUT2D eigenvalue weighted by atomic mass is 19.4. The fourth-order valence-corrected chi connectivity index (χ4v) is 1.92. The molecule has 0 saturated heterocycles. The van der Waals surface area contributed by atoms with E-state index in [4.69, 9.17) is 5.73 Å². The van der Waals surface area contributed by atoms with Crippen molar-refractivity contribution in [3.05, 3.63) is 54.1 Å². The number of para-hydroxylation sites is 1. The van der Waals surface area contributed by atoms with Crippen molar-refractivity contribution in [2.75, 3.05) is 0 Å². The molecular formula is C15H12F3NO2. The van der Waals surface area contributed by atoms with Crippen LogP contribution in [0.2, 0.25) is 0 Å². The quantitative estimate of drug-likeness (QED) is 0.941. The third-order valence-corrected chi connectivity index (χ3v) is 2.76. The van der Waals surface area contributed by atoms with Gasteiger partial charge in [0.2, 0.25) is 5.91 Å². The lowest BCUT2D eigenvalue weighted by molar-refractivity contribution is -0.274. The van der Waals surface area contributed by atoms with Crippen LogP contribution in [-0.2, 0) is 11.2 Å². The van der Waals surface area contributed by atoms with E-state index in [2.05, 4.69) is 4.74 Å². The second-order valence-corrected chi connectivity index (χ2v) is 4.38. The van der Waals surface area contributed by atoms with Gasteiger partial charge < -0.3 is 10.5 Å². The SMILES string of the molecule is NC(=O)Cc1ccc(-c2ccccc2OC(F)(F)F)cc1. The van der Waals surface area contributed by atoms with Gasteiger partial charge in [-0.1, -0.05) is 42.5 Å². The summed E-state index contributed by atoms with van der Waals surface area (Å²) >= 11 is 0. The van der Waals surface area contributed by atoms with Crippen molar-refractivity contribution in [3.63, 3.8) is 0 Å². The van der Waals surface area contributed by atoms with Crippen molar-refractivity contribution in [2.24, 2.45) is 5.73 Å². The van der Waals surface area contributed by atoms with Gasteiger partial charge in [-0.25, -0.2) is 0 Å². The molecule has 0 saturated carbocycles. The minimum absolute atomic E-state index is 0.0843. The Kier molecular flexibility index (Phi) is 4.16. The number of carbonyl (C=O) groups excluding carboxylic acids is 1. The first-order valence-corrected chi connectivity index (χ1v) is 6.07. The average Bonchev–Trinajstić information content (AvgIpc) is 2.38. The van der Waals surface area contributed by atoms with Crippen molar-refractivity contribution in [1.29, 1.82) is 0 Å². The molecule has 2 aromatic rings. The number of hydrogen-bond acceptors (Lipinski definition) is 2. The largest absolute Gasteiger partial charge is 0.573 e. The third kappa shape index (κ3) is 4.24. The minimum atomic E-state index is -4.75. The standard InChI is InChI=1S/C15H12F3NO2/c16-15(17,18)21-13-4-2-1-3-12(13)11-7-5-10(6-8-11)9-14(19)20/h1-8H,9H2,(H2,19,20). The van der Waals surface area contributed by atoms with Crippen molar-refractivity contribution < 1.29 is 22.7 Å². The number of nitrogens with two attached hydrogens (primary N) is 1. The number of benzene rings is 2. The molecule has 0 radical (unpaired) electrons. The smallest absolute Gasteiger partial charge is 0.405 e. The molecule has 0 atom stereocenters. The maximum Gasteiger partial charge on any atom is 0.573 e. The van der Waals surface area contributed by atoms with Gasteiger partial charge in [0.05, 0.1) is 6.42 Å². The van der Waals surface area contributed by atoms with E-state index in [0.717, 1.165) is 0 Å². The van der Waals surface area contributed by atoms with Crippen LogP contribution in [-0.4, -0.2) is 12.3 Å². The lowest BCUT2D eigenvalue weighted by atomic mass is 10.0. The normalized spacial score (nSPS) is 11.2. The maximum atomic E-state index is 12.4. The van der Waals surface area contributed by atoms with Crippen LogP contribution in [0.4, 0.5) is 13.2 Å². The monoisotopic (exact) mass is 295 g/mol. The van der Waals surface area contributed by atoms with Gasteiger partial charge in [-0.3, -0.25) is 4.79 Å². The second-order valence-electron chi connectivity index (χ2n) is 4.38. The fourth-order valence-electron chi connectivity index (χ4n) is 1.92. The Bertz CT molecular complexity index is 636. The topological polar surface area (TPSA) is 52.3 Å². The van der Waals surface area contributed by atoms with Crippen LogP contribution in [0, 0.1) is 0 Å². The first-order valence-electron chi connectivity index (χ1n) is 6.07. The van der Waals surface area contributed by atoms with Crippen LogP contribution < -0.4 is 10.5 Å². The molecule has 110 valence electrons. The molecule has 2 rings (SSSR count). The zero-order chi connectivity index (χ0) is 15.5. The van der Waals surface area contributed by atoms with E-state index < -0.39 is 12.3 Å². The summed E-state index contributed by atoms with van der Waals surface area (Å²) in [4.78, 5) is 10.8. The summed E-state index contributed by atoms with van der Waals surface area (Å²) in [5, 5.41) is 0. The summed E-state index contributed by atoms with van der Waals surface area (Å²) in [6, 6.07) is 12.4. The molecule has 6 heteroatoms. The summed E-state index contributed by atoms with van der Waals surface area (Å²) < 4.78 is 41.1. The van der Waals surface area contributed by atoms with E-state index >= 15 is 0 Å². The zero-order valence-electron chi connectivity index (χ0n) is 10.9. The molecule has 0 heterocycles. The number of carbonyl (C=O) groups is 1. The van der Waals surface area contributed by atoms with Gasteiger partial charge in [-0.2, -0.15) is 0 Å². The van der Waals surface area contributed by atoms with Crippen LogP contribution in [0.1, 0.15) is 5.56 Å². The molecule has 2 N–H and O–H groups in total. The molecule has 21 heavy (non-hydrogen) atoms. The van der Waals surface area contributed by atoms with E-state index in [9.17, 15) is 18.0 Å². The summed E-state index contributed by atoms with van der Waals surface area (Å²) in [6.07, 6.45) is -4.66. The highest BCUT2D eigenvalue weighted by Gasteiger charge is 2.32. The molecule has 0 aromatic heterocycles. The Labute approximate surface area is 119 Å². The summed E-state index contributed by atoms with van der Waals surface area (Å²) in [7, 11) is 0. The number of halogens is 3. The molecule has 0 aliphatic carbocycles. The molecule has 2 aromatic carbocycles. The number of rotatable bonds is 4. The van der Waals surface area contributed by atoms with Gasteiger partial charge >= 0.3 is 6.36 Å². The summed E-state index contributed by atoms with van der Waals surface area (Å²) in [6.45, 7) is 0. The Morgan fingerprint density at radius 1 is 1.05 bits per heavy atom. The molecule has 3 nitrogen and oxygen atoms in total. The summed E-state index contributed by atoms with van der Waals surface area (Å²) in [5.74, 6) is -0.740. The van der Waals surface area contributed by atoms with Gasteiger partial charge in [-0.05, 0) is 17.2 Å². The van der Waals surface area contributed by atoms with Crippen LogP contribution in [0.25, 0.3) is 11.1 Å². The number of hydrogen-bond donors (Lipinski definition) is 1. The van der Waals surface area contributed by atoms with E-state index in [1.807, 2.05) is 0 Å². The minimum Gasteiger partial charge on any atom is -0.405 e. The van der Waals surface area contributed by atoms with E-state index in [-0.39, 0.29) is 12.2 Å². The number of primary amides is 1. The van der Waals surface area contributed by atoms with Crippen LogP contribution >= 0.6 is 0 Å². The molecule has 0 bridgehead atoms. The van der Waals surface area contributed by atoms with Crippen molar-refractivity contribution in [3.8, 4) is 16.9 Å². The maximum absolute atomic E-state index is 12.4. The van der Waals surface area contributed by atoms with Gasteiger partial charge in [0.25, 0.3) is 0 Å². The highest BCUT2D eigenvalue weighted by molar-refractivity contribution is 5.77. The van der Waals surface area contributed by atoms with E-state index in [0.29, 0.717) is 16.7 Å². The van der Waals surface area contributed by atoms with Gasteiger partial charge in [-0.15, -0.1) is 13.2 Å². The van der Waals surface area contributed by atoms with Crippen molar-refractivity contribution in [2.45, 2.75) is 12.8 Å². The van der Waals surface area contributed by atoms with E-state index in [1.165, 1.54) is 18.2 Å². The Morgan fingerprint density at radius 2 is 1.67 bits per heavy atom. The molecule has 0 aliphatic rings. The predicted molar refractivity (Wildman–Crippen MR) is 71.5 cm³/mol. The fraction of sp³-hybridized carbons (Fsp3) is 0.133. The van der Waals surface area contributed by atoms with Gasteiger partial charge in [0.15, 0.2) is 0 Å². The van der Waals surface area contributed by atoms with Crippen LogP contribution in [0.3, 0.4) is 0 Å². The first-order chi connectivity index (χ1) is 9.85. The molecule has 0 fully saturated rings. The Balaban J connectivity index is 2.31. The molecule has 0 unspecified atom stereocenters. The summed E-state index contributed by atoms with van der Waals surface area (Å²) in [5.41, 5.74) is 6.66. The average molecular weight is 295 g/mol. The third-order valence-electron chi connectivity index (χ3n) is 2.76. The van der Waals surface area contributed by atoms with E-state index in [1.54, 1.807) is 30.3 Å². The molecular weight excluding hydrogens is 283 g/mol. The van der Waals surface area contributed by atoms with Crippen LogP contribution in [0.5, 0.6) is 5.75 Å². The lowest BCUT2D eigenvalue weighted by Gasteiger charge is -2.13. The Hall–Kier alpha value is -2.50. The molecule has 0 spiro atoms. The van der Waals surface area contributed by atoms with Gasteiger partial charge in [0, 0.05) is 5.56 Å². The molecule has 1 amide bonds. The Morgan fingerprint density at radius 3 is 2.24 bits per heavy atom. The number of ether oxygens (including phenoxy) is 1. The predicted octanol–water partition coefficient (Wildman–Crippen LogP) is 3.28. The first kappa shape index (κ1) is 14.9. The molecule has 0 aliphatic heterocycles. The van der Waals surface area contributed by atoms with Crippen molar-refractivity contribution in [1.82, 2.24) is 0 Å². The van der Waals surface area contributed by atoms with Crippen molar-refractivity contribution >= 4 is 5.91 Å². The van der Waals surface area contributed by atoms with Crippen LogP contribution in [0.15, 0.2) is 48.5 Å². The highest BCUT2D eigenvalue weighted by Crippen LogP contribution is 2.33. The lowest BCUT2D eigenvalue weighted by Crippen LogP contribution is -2.17.